The molecule has 0 spiro atoms. The van der Waals surface area contributed by atoms with Gasteiger partial charge in [0.2, 0.25) is 0 Å². The molecule has 2 nitrogen and oxygen atoms in total. The summed E-state index contributed by atoms with van der Waals surface area (Å²) in [6.07, 6.45) is 0. The van der Waals surface area contributed by atoms with Crippen LogP contribution in [0.3, 0.4) is 0 Å². The molecule has 0 amide bonds. The van der Waals surface area contributed by atoms with Crippen LogP contribution >= 0.6 is 0 Å². The van der Waals surface area contributed by atoms with Crippen LogP contribution in [0.4, 0.5) is 0 Å². The van der Waals surface area contributed by atoms with Crippen molar-refractivity contribution in [1.29, 1.82) is 0 Å². The smallest absolute Gasteiger partial charge is 0.122 e. The molecule has 102 valence electrons. The van der Waals surface area contributed by atoms with Crippen molar-refractivity contribution in [3.05, 3.63) is 54.1 Å². The Kier molecular flexibility index (Phi) is 3.23. The molecule has 0 aliphatic rings. The Morgan fingerprint density at radius 2 is 1.80 bits per heavy atom. The number of fused-ring (bicyclic) bond motifs is 1. The van der Waals surface area contributed by atoms with E-state index in [0.29, 0.717) is 5.92 Å². The van der Waals surface area contributed by atoms with Gasteiger partial charge in [0.15, 0.2) is 0 Å². The zero-order chi connectivity index (χ0) is 14.1. The second-order valence-corrected chi connectivity index (χ2v) is 5.38. The summed E-state index contributed by atoms with van der Waals surface area (Å²) in [5.74, 6) is 1.40. The number of hydrogen-bond acceptors (Lipinski definition) is 1. The van der Waals surface area contributed by atoms with Gasteiger partial charge in [0, 0.05) is 16.6 Å². The summed E-state index contributed by atoms with van der Waals surface area (Å²) in [5.41, 5.74) is 4.76. The van der Waals surface area contributed by atoms with Gasteiger partial charge in [0.1, 0.15) is 5.75 Å². The van der Waals surface area contributed by atoms with Crippen LogP contribution in [0.1, 0.15) is 25.3 Å². The van der Waals surface area contributed by atoms with Crippen molar-refractivity contribution in [1.82, 2.24) is 4.98 Å². The summed E-state index contributed by atoms with van der Waals surface area (Å²) >= 11 is 0. The third-order valence-corrected chi connectivity index (χ3v) is 3.69. The lowest BCUT2D eigenvalue weighted by atomic mass is 9.98. The van der Waals surface area contributed by atoms with Crippen molar-refractivity contribution in [3.8, 4) is 17.0 Å². The van der Waals surface area contributed by atoms with Crippen molar-refractivity contribution in [3.63, 3.8) is 0 Å². The van der Waals surface area contributed by atoms with Crippen molar-refractivity contribution in [2.75, 3.05) is 7.11 Å². The number of ether oxygens (including phenoxy) is 1. The number of rotatable bonds is 3. The standard InChI is InChI=1S/C18H19NO/c1-12(2)15-10-14(8-9-18(15)20-3)17-11-13-6-4-5-7-16(13)19-17/h4-12,19H,1-3H3. The molecule has 3 aromatic rings. The average Bonchev–Trinajstić information content (AvgIpc) is 2.90. The Bertz CT molecular complexity index is 707. The number of H-pyrrole nitrogens is 1. The molecule has 2 aromatic carbocycles. The van der Waals surface area contributed by atoms with E-state index < -0.39 is 0 Å². The minimum atomic E-state index is 0.439. The summed E-state index contributed by atoms with van der Waals surface area (Å²) < 4.78 is 5.45. The highest BCUT2D eigenvalue weighted by Crippen LogP contribution is 2.32. The molecule has 0 saturated carbocycles. The first-order chi connectivity index (χ1) is 9.69. The Balaban J connectivity index is 2.11. The van der Waals surface area contributed by atoms with Crippen LogP contribution in [-0.4, -0.2) is 12.1 Å². The van der Waals surface area contributed by atoms with Gasteiger partial charge < -0.3 is 9.72 Å². The Morgan fingerprint density at radius 1 is 1.00 bits per heavy atom. The fraction of sp³-hybridized carbons (Fsp3) is 0.222. The zero-order valence-electron chi connectivity index (χ0n) is 12.1. The number of aromatic amines is 1. The molecule has 20 heavy (non-hydrogen) atoms. The van der Waals surface area contributed by atoms with E-state index in [4.69, 9.17) is 4.74 Å². The molecule has 1 N–H and O–H groups in total. The van der Waals surface area contributed by atoms with Gasteiger partial charge in [-0.25, -0.2) is 0 Å². The first-order valence-electron chi connectivity index (χ1n) is 6.95. The van der Waals surface area contributed by atoms with Crippen LogP contribution in [-0.2, 0) is 0 Å². The number of para-hydroxylation sites is 1. The number of hydrogen-bond donors (Lipinski definition) is 1. The Morgan fingerprint density at radius 3 is 2.50 bits per heavy atom. The zero-order valence-corrected chi connectivity index (χ0v) is 12.1. The van der Waals surface area contributed by atoms with Gasteiger partial charge in [-0.15, -0.1) is 0 Å². The molecule has 0 bridgehead atoms. The SMILES string of the molecule is COc1ccc(-c2cc3ccccc3[nH]2)cc1C(C)C. The fourth-order valence-corrected chi connectivity index (χ4v) is 2.58. The second kappa shape index (κ2) is 5.04. The van der Waals surface area contributed by atoms with E-state index in [1.807, 2.05) is 0 Å². The van der Waals surface area contributed by atoms with Gasteiger partial charge in [0.05, 0.1) is 7.11 Å². The maximum absolute atomic E-state index is 5.45. The molecule has 0 aliphatic heterocycles. The van der Waals surface area contributed by atoms with Crippen molar-refractivity contribution >= 4 is 10.9 Å². The van der Waals surface area contributed by atoms with E-state index in [0.717, 1.165) is 11.4 Å². The molecule has 1 heterocycles. The third-order valence-electron chi connectivity index (χ3n) is 3.69. The largest absolute Gasteiger partial charge is 0.496 e. The fourth-order valence-electron chi connectivity index (χ4n) is 2.58. The lowest BCUT2D eigenvalue weighted by Crippen LogP contribution is -1.94. The van der Waals surface area contributed by atoms with Crippen LogP contribution in [0, 0.1) is 0 Å². The number of aromatic nitrogens is 1. The van der Waals surface area contributed by atoms with Gasteiger partial charge in [-0.2, -0.15) is 0 Å². The highest BCUT2D eigenvalue weighted by Gasteiger charge is 2.10. The van der Waals surface area contributed by atoms with Crippen LogP contribution < -0.4 is 4.74 Å². The monoisotopic (exact) mass is 265 g/mol. The van der Waals surface area contributed by atoms with Gasteiger partial charge >= 0.3 is 0 Å². The van der Waals surface area contributed by atoms with E-state index in [1.165, 1.54) is 22.0 Å². The van der Waals surface area contributed by atoms with Crippen LogP contribution in [0.25, 0.3) is 22.2 Å². The van der Waals surface area contributed by atoms with E-state index in [-0.39, 0.29) is 0 Å². The van der Waals surface area contributed by atoms with Gasteiger partial charge in [-0.3, -0.25) is 0 Å². The van der Waals surface area contributed by atoms with Gasteiger partial charge in [0.25, 0.3) is 0 Å². The summed E-state index contributed by atoms with van der Waals surface area (Å²) in [7, 11) is 1.73. The molecule has 2 heteroatoms. The predicted octanol–water partition coefficient (Wildman–Crippen LogP) is 4.97. The molecular weight excluding hydrogens is 246 g/mol. The first kappa shape index (κ1) is 12.8. The Labute approximate surface area is 119 Å². The average molecular weight is 265 g/mol. The quantitative estimate of drug-likeness (QED) is 0.710. The van der Waals surface area contributed by atoms with Crippen LogP contribution in [0.15, 0.2) is 48.5 Å². The highest BCUT2D eigenvalue weighted by molar-refractivity contribution is 5.85. The van der Waals surface area contributed by atoms with E-state index >= 15 is 0 Å². The molecule has 3 rings (SSSR count). The molecule has 0 atom stereocenters. The lowest BCUT2D eigenvalue weighted by Gasteiger charge is -2.13. The Hall–Kier alpha value is -2.22. The summed E-state index contributed by atoms with van der Waals surface area (Å²) in [6.45, 7) is 4.37. The van der Waals surface area contributed by atoms with E-state index in [2.05, 4.69) is 67.4 Å². The maximum Gasteiger partial charge on any atom is 0.122 e. The second-order valence-electron chi connectivity index (χ2n) is 5.38. The lowest BCUT2D eigenvalue weighted by molar-refractivity contribution is 0.407. The highest BCUT2D eigenvalue weighted by atomic mass is 16.5. The molecule has 1 aromatic heterocycles. The van der Waals surface area contributed by atoms with E-state index in [1.54, 1.807) is 7.11 Å². The molecule has 0 unspecified atom stereocenters. The third kappa shape index (κ3) is 2.18. The van der Waals surface area contributed by atoms with Crippen molar-refractivity contribution in [2.24, 2.45) is 0 Å². The molecule has 0 fully saturated rings. The van der Waals surface area contributed by atoms with Gasteiger partial charge in [-0.05, 0) is 47.4 Å². The molecular formula is C18H19NO. The van der Waals surface area contributed by atoms with Crippen molar-refractivity contribution in [2.45, 2.75) is 19.8 Å². The normalized spacial score (nSPS) is 11.2. The summed E-state index contributed by atoms with van der Waals surface area (Å²) in [5, 5.41) is 1.24. The molecule has 0 radical (unpaired) electrons. The van der Waals surface area contributed by atoms with Crippen LogP contribution in [0.5, 0.6) is 5.75 Å². The van der Waals surface area contributed by atoms with Gasteiger partial charge in [-0.1, -0.05) is 32.0 Å². The number of benzene rings is 2. The number of methoxy groups -OCH3 is 1. The summed E-state index contributed by atoms with van der Waals surface area (Å²) in [4.78, 5) is 3.47. The van der Waals surface area contributed by atoms with Crippen LogP contribution in [0.2, 0.25) is 0 Å². The minimum absolute atomic E-state index is 0.439. The molecule has 0 saturated heterocycles. The van der Waals surface area contributed by atoms with E-state index in [9.17, 15) is 0 Å². The predicted molar refractivity (Wildman–Crippen MR) is 84.4 cm³/mol. The minimum Gasteiger partial charge on any atom is -0.496 e. The maximum atomic E-state index is 5.45. The topological polar surface area (TPSA) is 25.0 Å². The molecule has 0 aliphatic carbocycles. The summed E-state index contributed by atoms with van der Waals surface area (Å²) in [6, 6.07) is 16.9. The number of nitrogens with one attached hydrogen (secondary N) is 1. The van der Waals surface area contributed by atoms with Crippen molar-refractivity contribution < 1.29 is 4.74 Å². The first-order valence-corrected chi connectivity index (χ1v) is 6.95.